The van der Waals surface area contributed by atoms with Gasteiger partial charge in [0.15, 0.2) is 0 Å². The fourth-order valence-corrected chi connectivity index (χ4v) is 5.08. The first kappa shape index (κ1) is 28.5. The van der Waals surface area contributed by atoms with Crippen LogP contribution in [0.25, 0.3) is 11.1 Å². The highest BCUT2D eigenvalue weighted by molar-refractivity contribution is 5.66. The molecule has 2 aromatic carbocycles. The zero-order valence-electron chi connectivity index (χ0n) is 23.7. The third-order valence-electron chi connectivity index (χ3n) is 7.25. The van der Waals surface area contributed by atoms with Crippen LogP contribution < -0.4 is 4.74 Å². The molecular weight excluding hydrogens is 478 g/mol. The molecule has 4 heteroatoms. The first-order valence-electron chi connectivity index (χ1n) is 14.5. The van der Waals surface area contributed by atoms with E-state index in [4.69, 9.17) is 4.74 Å². The lowest BCUT2D eigenvalue weighted by molar-refractivity contribution is 0.238. The van der Waals surface area contributed by atoms with Crippen LogP contribution in [0.2, 0.25) is 0 Å². The largest absolute Gasteiger partial charge is 0.496 e. The van der Waals surface area contributed by atoms with E-state index < -0.39 is 0 Å². The van der Waals surface area contributed by atoms with Gasteiger partial charge in [0.25, 0.3) is 0 Å². The molecule has 0 saturated carbocycles. The predicted octanol–water partition coefficient (Wildman–Crippen LogP) is 8.65. The highest BCUT2D eigenvalue weighted by Crippen LogP contribution is 2.29. The molecule has 2 aromatic heterocycles. The van der Waals surface area contributed by atoms with Crippen LogP contribution in [-0.2, 0) is 26.1 Å². The number of benzene rings is 2. The molecule has 0 aliphatic rings. The summed E-state index contributed by atoms with van der Waals surface area (Å²) in [7, 11) is 1.75. The molecule has 0 aliphatic carbocycles. The molecule has 0 aliphatic heterocycles. The number of aromatic nitrogens is 2. The molecule has 4 rings (SSSR count). The summed E-state index contributed by atoms with van der Waals surface area (Å²) in [6.07, 6.45) is 14.3. The van der Waals surface area contributed by atoms with Crippen LogP contribution >= 0.6 is 0 Å². The SMILES string of the molecule is CCCCCCCCCc1ccc(-c2ccc(OC)c(CN(Cc3ccccn3)Cc3ccccn3)c2)cc1. The Balaban J connectivity index is 1.44. The fraction of sp³-hybridized carbons (Fsp3) is 0.371. The van der Waals surface area contributed by atoms with Crippen molar-refractivity contribution in [3.05, 3.63) is 114 Å². The van der Waals surface area contributed by atoms with Crippen LogP contribution in [0.15, 0.2) is 91.3 Å². The molecule has 0 amide bonds. The maximum absolute atomic E-state index is 5.78. The van der Waals surface area contributed by atoms with E-state index in [-0.39, 0.29) is 0 Å². The average Bonchev–Trinajstić information content (AvgIpc) is 2.98. The molecule has 204 valence electrons. The van der Waals surface area contributed by atoms with Gasteiger partial charge >= 0.3 is 0 Å². The first-order valence-corrected chi connectivity index (χ1v) is 14.5. The second-order valence-electron chi connectivity index (χ2n) is 10.4. The number of pyridine rings is 2. The Morgan fingerprint density at radius 3 is 1.85 bits per heavy atom. The normalized spacial score (nSPS) is 11.2. The van der Waals surface area contributed by atoms with Gasteiger partial charge in [0.1, 0.15) is 5.75 Å². The van der Waals surface area contributed by atoms with Gasteiger partial charge in [-0.25, -0.2) is 0 Å². The van der Waals surface area contributed by atoms with Crippen molar-refractivity contribution >= 4 is 0 Å². The third-order valence-corrected chi connectivity index (χ3v) is 7.25. The summed E-state index contributed by atoms with van der Waals surface area (Å²) < 4.78 is 5.78. The summed E-state index contributed by atoms with van der Waals surface area (Å²) in [5.74, 6) is 0.904. The maximum atomic E-state index is 5.78. The Hall–Kier alpha value is -3.50. The highest BCUT2D eigenvalue weighted by atomic mass is 16.5. The molecule has 0 N–H and O–H groups in total. The summed E-state index contributed by atoms with van der Waals surface area (Å²) in [6, 6.07) is 27.8. The summed E-state index contributed by atoms with van der Waals surface area (Å²) in [5, 5.41) is 0. The van der Waals surface area contributed by atoms with Crippen molar-refractivity contribution in [2.24, 2.45) is 0 Å². The summed E-state index contributed by atoms with van der Waals surface area (Å²) in [6.45, 7) is 4.48. The topological polar surface area (TPSA) is 38.2 Å². The van der Waals surface area contributed by atoms with E-state index in [0.29, 0.717) is 0 Å². The number of ether oxygens (including phenoxy) is 1. The van der Waals surface area contributed by atoms with Gasteiger partial charge in [-0.2, -0.15) is 0 Å². The summed E-state index contributed by atoms with van der Waals surface area (Å²) in [4.78, 5) is 11.5. The lowest BCUT2D eigenvalue weighted by Gasteiger charge is -2.23. The Morgan fingerprint density at radius 2 is 1.26 bits per heavy atom. The third kappa shape index (κ3) is 9.33. The first-order chi connectivity index (χ1) is 19.2. The molecule has 0 unspecified atom stereocenters. The molecule has 0 bridgehead atoms. The van der Waals surface area contributed by atoms with E-state index in [0.717, 1.165) is 48.8 Å². The molecule has 39 heavy (non-hydrogen) atoms. The van der Waals surface area contributed by atoms with Crippen molar-refractivity contribution in [1.82, 2.24) is 14.9 Å². The minimum atomic E-state index is 0.734. The van der Waals surface area contributed by atoms with Crippen LogP contribution in [0.4, 0.5) is 0 Å². The maximum Gasteiger partial charge on any atom is 0.123 e. The Kier molecular flexibility index (Phi) is 11.5. The van der Waals surface area contributed by atoms with E-state index in [2.05, 4.69) is 76.4 Å². The van der Waals surface area contributed by atoms with Crippen LogP contribution in [-0.4, -0.2) is 22.0 Å². The number of hydrogen-bond acceptors (Lipinski definition) is 4. The van der Waals surface area contributed by atoms with Crippen molar-refractivity contribution in [2.45, 2.75) is 77.9 Å². The van der Waals surface area contributed by atoms with Crippen molar-refractivity contribution in [1.29, 1.82) is 0 Å². The van der Waals surface area contributed by atoms with Crippen molar-refractivity contribution in [3.63, 3.8) is 0 Å². The van der Waals surface area contributed by atoms with Gasteiger partial charge < -0.3 is 4.74 Å². The quantitative estimate of drug-likeness (QED) is 0.138. The minimum Gasteiger partial charge on any atom is -0.496 e. The number of rotatable bonds is 16. The molecular formula is C35H43N3O. The number of methoxy groups -OCH3 is 1. The Labute approximate surface area is 235 Å². The second kappa shape index (κ2) is 15.8. The molecule has 0 radical (unpaired) electrons. The number of aryl methyl sites for hydroxylation is 1. The zero-order valence-corrected chi connectivity index (χ0v) is 23.7. The minimum absolute atomic E-state index is 0.734. The molecule has 4 nitrogen and oxygen atoms in total. The lowest BCUT2D eigenvalue weighted by Crippen LogP contribution is -2.23. The average molecular weight is 522 g/mol. The van der Waals surface area contributed by atoms with E-state index in [1.54, 1.807) is 7.11 Å². The standard InChI is InChI=1S/C35H43N3O/c1-3-4-5-6-7-8-9-14-29-17-19-30(20-18-29)31-21-22-35(39-2)32(25-31)26-38(27-33-15-10-12-23-36-33)28-34-16-11-13-24-37-34/h10-13,15-25H,3-9,14,26-28H2,1-2H3. The number of hydrogen-bond donors (Lipinski definition) is 0. The smallest absolute Gasteiger partial charge is 0.123 e. The van der Waals surface area contributed by atoms with Crippen molar-refractivity contribution < 1.29 is 4.74 Å². The van der Waals surface area contributed by atoms with Crippen LogP contribution in [0.5, 0.6) is 5.75 Å². The summed E-state index contributed by atoms with van der Waals surface area (Å²) >= 11 is 0. The highest BCUT2D eigenvalue weighted by Gasteiger charge is 2.14. The molecule has 0 fully saturated rings. The van der Waals surface area contributed by atoms with Crippen LogP contribution in [0, 0.1) is 0 Å². The van der Waals surface area contributed by atoms with Crippen LogP contribution in [0.3, 0.4) is 0 Å². The lowest BCUT2D eigenvalue weighted by atomic mass is 9.99. The molecule has 0 spiro atoms. The Bertz CT molecular complexity index is 1180. The van der Waals surface area contributed by atoms with Gasteiger partial charge in [-0.15, -0.1) is 0 Å². The van der Waals surface area contributed by atoms with E-state index in [9.17, 15) is 0 Å². The van der Waals surface area contributed by atoms with E-state index in [1.165, 1.54) is 61.6 Å². The molecule has 4 aromatic rings. The number of nitrogens with zero attached hydrogens (tertiary/aromatic N) is 3. The van der Waals surface area contributed by atoms with Crippen LogP contribution in [0.1, 0.15) is 74.4 Å². The van der Waals surface area contributed by atoms with Gasteiger partial charge in [-0.3, -0.25) is 14.9 Å². The van der Waals surface area contributed by atoms with E-state index >= 15 is 0 Å². The van der Waals surface area contributed by atoms with Crippen molar-refractivity contribution in [2.75, 3.05) is 7.11 Å². The summed E-state index contributed by atoms with van der Waals surface area (Å²) in [5.41, 5.74) is 7.12. The van der Waals surface area contributed by atoms with Gasteiger partial charge in [0, 0.05) is 37.6 Å². The monoisotopic (exact) mass is 521 g/mol. The van der Waals surface area contributed by atoms with Gasteiger partial charge in [-0.1, -0.05) is 87.9 Å². The molecule has 0 atom stereocenters. The van der Waals surface area contributed by atoms with Gasteiger partial charge in [0.2, 0.25) is 0 Å². The van der Waals surface area contributed by atoms with Gasteiger partial charge in [0.05, 0.1) is 18.5 Å². The predicted molar refractivity (Wildman–Crippen MR) is 162 cm³/mol. The fourth-order valence-electron chi connectivity index (χ4n) is 5.08. The molecule has 0 saturated heterocycles. The molecule has 2 heterocycles. The Morgan fingerprint density at radius 1 is 0.641 bits per heavy atom. The second-order valence-corrected chi connectivity index (χ2v) is 10.4. The van der Waals surface area contributed by atoms with Gasteiger partial charge in [-0.05, 0) is 65.9 Å². The van der Waals surface area contributed by atoms with E-state index in [1.807, 2.05) is 36.7 Å². The van der Waals surface area contributed by atoms with Crippen molar-refractivity contribution in [3.8, 4) is 16.9 Å². The zero-order chi connectivity index (χ0) is 27.1. The number of unbranched alkanes of at least 4 members (excludes halogenated alkanes) is 6.